The van der Waals surface area contributed by atoms with Gasteiger partial charge in [0.25, 0.3) is 0 Å². The summed E-state index contributed by atoms with van der Waals surface area (Å²) in [7, 11) is -1.02. The van der Waals surface area contributed by atoms with Gasteiger partial charge in [-0.3, -0.25) is 0 Å². The topological polar surface area (TPSA) is 21.3 Å². The van der Waals surface area contributed by atoms with E-state index in [4.69, 9.17) is 16.1 Å². The summed E-state index contributed by atoms with van der Waals surface area (Å²) in [5.74, 6) is 0.379. The summed E-state index contributed by atoms with van der Waals surface area (Å²) in [6.07, 6.45) is 0. The van der Waals surface area contributed by atoms with Crippen LogP contribution in [0, 0.1) is 5.41 Å². The van der Waals surface area contributed by atoms with Crippen LogP contribution in [0.3, 0.4) is 0 Å². The first-order valence-corrected chi connectivity index (χ1v) is 9.60. The zero-order valence-electron chi connectivity index (χ0n) is 12.0. The molecule has 4 heteroatoms. The minimum absolute atomic E-state index is 0.166. The lowest BCUT2D eigenvalue weighted by Gasteiger charge is -2.31. The van der Waals surface area contributed by atoms with Crippen molar-refractivity contribution in [1.29, 1.82) is 0 Å². The number of halogens is 1. The van der Waals surface area contributed by atoms with E-state index in [0.717, 1.165) is 11.6 Å². The lowest BCUT2D eigenvalue weighted by Crippen LogP contribution is -2.32. The highest BCUT2D eigenvalue weighted by Crippen LogP contribution is 2.35. The van der Waals surface area contributed by atoms with Crippen molar-refractivity contribution < 1.29 is 4.53 Å². The molecule has 2 nitrogen and oxygen atoms in total. The van der Waals surface area contributed by atoms with Gasteiger partial charge in [0, 0.05) is 17.5 Å². The second-order valence-corrected chi connectivity index (χ2v) is 8.76. The van der Waals surface area contributed by atoms with Crippen LogP contribution in [-0.2, 0) is 4.53 Å². The summed E-state index contributed by atoms with van der Waals surface area (Å²) in [5, 5.41) is 0.793. The molecule has 1 atom stereocenters. The predicted molar refractivity (Wildman–Crippen MR) is 81.6 cm³/mol. The van der Waals surface area contributed by atoms with Crippen LogP contribution < -0.4 is 5.48 Å². The average molecular weight is 286 g/mol. The van der Waals surface area contributed by atoms with Gasteiger partial charge in [0.05, 0.1) is 0 Å². The Kier molecular flexibility index (Phi) is 5.85. The molecule has 18 heavy (non-hydrogen) atoms. The highest BCUT2D eigenvalue weighted by atomic mass is 35.5. The van der Waals surface area contributed by atoms with Crippen molar-refractivity contribution in [1.82, 2.24) is 5.48 Å². The zero-order chi connectivity index (χ0) is 13.8. The normalized spacial score (nSPS) is 13.9. The molecule has 1 rings (SSSR count). The van der Waals surface area contributed by atoms with Crippen LogP contribution in [0.25, 0.3) is 0 Å². The monoisotopic (exact) mass is 285 g/mol. The van der Waals surface area contributed by atoms with Crippen LogP contribution in [0.2, 0.25) is 18.1 Å². The zero-order valence-corrected chi connectivity index (χ0v) is 13.9. The summed E-state index contributed by atoms with van der Waals surface area (Å²) >= 11 is 6.08. The molecule has 0 radical (unpaired) electrons. The van der Waals surface area contributed by atoms with E-state index in [1.807, 2.05) is 18.2 Å². The molecule has 0 saturated carbocycles. The lowest BCUT2D eigenvalue weighted by molar-refractivity contribution is 0.164. The van der Waals surface area contributed by atoms with Crippen molar-refractivity contribution >= 4 is 20.6 Å². The average Bonchev–Trinajstić information content (AvgIpc) is 2.22. The molecule has 0 aromatic heterocycles. The first-order chi connectivity index (χ1) is 8.30. The molecule has 0 bridgehead atoms. The molecule has 0 heterocycles. The molecule has 1 aromatic rings. The van der Waals surface area contributed by atoms with Crippen LogP contribution in [0.5, 0.6) is 0 Å². The molecule has 1 unspecified atom stereocenters. The fraction of sp³-hybridized carbons (Fsp3) is 0.571. The van der Waals surface area contributed by atoms with Gasteiger partial charge < -0.3 is 4.53 Å². The summed E-state index contributed by atoms with van der Waals surface area (Å²) in [5.41, 5.74) is 4.55. The summed E-state index contributed by atoms with van der Waals surface area (Å²) < 4.78 is 5.58. The van der Waals surface area contributed by atoms with Crippen LogP contribution in [0.4, 0.5) is 0 Å². The third-order valence-corrected chi connectivity index (χ3v) is 3.78. The van der Waals surface area contributed by atoms with E-state index < -0.39 is 9.04 Å². The number of hydrogen-bond acceptors (Lipinski definition) is 2. The van der Waals surface area contributed by atoms with Gasteiger partial charge >= 0.3 is 0 Å². The van der Waals surface area contributed by atoms with Crippen molar-refractivity contribution in [3.63, 3.8) is 0 Å². The van der Waals surface area contributed by atoms with Gasteiger partial charge in [0.2, 0.25) is 0 Å². The maximum Gasteiger partial charge on any atom is 0.199 e. The summed E-state index contributed by atoms with van der Waals surface area (Å²) in [4.78, 5) is 0. The van der Waals surface area contributed by atoms with Crippen molar-refractivity contribution in [3.05, 3.63) is 34.9 Å². The van der Waals surface area contributed by atoms with Gasteiger partial charge in [-0.05, 0) is 36.2 Å². The largest absolute Gasteiger partial charge is 0.350 e. The third kappa shape index (κ3) is 5.10. The van der Waals surface area contributed by atoms with Crippen molar-refractivity contribution in [2.75, 3.05) is 6.54 Å². The standard InChI is InChI=1S/C14H24ClNOSi/c1-14(2,3)13(10-16-17-18(4)5)11-7-6-8-12(15)9-11/h6-9,13,16,18H,10H2,1-5H3. The number of rotatable bonds is 5. The molecule has 0 aliphatic heterocycles. The first-order valence-electron chi connectivity index (χ1n) is 6.44. The van der Waals surface area contributed by atoms with Crippen LogP contribution >= 0.6 is 11.6 Å². The van der Waals surface area contributed by atoms with Crippen molar-refractivity contribution in [2.45, 2.75) is 39.8 Å². The molecule has 0 fully saturated rings. The van der Waals surface area contributed by atoms with E-state index in [0.29, 0.717) is 5.92 Å². The van der Waals surface area contributed by atoms with E-state index in [1.54, 1.807) is 0 Å². The molecular formula is C14H24ClNOSi. The van der Waals surface area contributed by atoms with Crippen molar-refractivity contribution in [3.8, 4) is 0 Å². The Morgan fingerprint density at radius 2 is 2.00 bits per heavy atom. The second-order valence-electron chi connectivity index (χ2n) is 5.99. The number of benzene rings is 1. The molecule has 0 aliphatic carbocycles. The lowest BCUT2D eigenvalue weighted by atomic mass is 9.76. The molecule has 0 saturated heterocycles. The number of hydrogen-bond donors (Lipinski definition) is 1. The Hall–Kier alpha value is -0.353. The van der Waals surface area contributed by atoms with Crippen molar-refractivity contribution in [2.24, 2.45) is 5.41 Å². The third-order valence-electron chi connectivity index (χ3n) is 2.90. The van der Waals surface area contributed by atoms with Gasteiger partial charge in [0.1, 0.15) is 0 Å². The van der Waals surface area contributed by atoms with E-state index >= 15 is 0 Å². The van der Waals surface area contributed by atoms with Gasteiger partial charge in [-0.15, -0.1) is 0 Å². The van der Waals surface area contributed by atoms with E-state index in [-0.39, 0.29) is 5.41 Å². The molecule has 1 aromatic carbocycles. The Labute approximate surface area is 117 Å². The van der Waals surface area contributed by atoms with Gasteiger partial charge in [-0.25, -0.2) is 5.48 Å². The quantitative estimate of drug-likeness (QED) is 0.653. The number of nitrogens with one attached hydrogen (secondary N) is 1. The van der Waals surface area contributed by atoms with Gasteiger partial charge in [0.15, 0.2) is 9.04 Å². The highest BCUT2D eigenvalue weighted by Gasteiger charge is 2.26. The Morgan fingerprint density at radius 3 is 2.50 bits per heavy atom. The molecule has 102 valence electrons. The Bertz CT molecular complexity index is 376. The van der Waals surface area contributed by atoms with Crippen LogP contribution in [0.1, 0.15) is 32.3 Å². The van der Waals surface area contributed by atoms with E-state index in [9.17, 15) is 0 Å². The van der Waals surface area contributed by atoms with Crippen LogP contribution in [0.15, 0.2) is 24.3 Å². The maximum absolute atomic E-state index is 6.08. The Balaban J connectivity index is 2.79. The van der Waals surface area contributed by atoms with Gasteiger partial charge in [-0.1, -0.05) is 44.5 Å². The second kappa shape index (κ2) is 6.71. The predicted octanol–water partition coefficient (Wildman–Crippen LogP) is 3.97. The highest BCUT2D eigenvalue weighted by molar-refractivity contribution is 6.48. The summed E-state index contributed by atoms with van der Waals surface area (Å²) in [6, 6.07) is 8.10. The smallest absolute Gasteiger partial charge is 0.199 e. The molecule has 0 spiro atoms. The number of hydroxylamine groups is 1. The minimum Gasteiger partial charge on any atom is -0.350 e. The maximum atomic E-state index is 6.08. The van der Waals surface area contributed by atoms with E-state index in [1.165, 1.54) is 5.56 Å². The molecular weight excluding hydrogens is 262 g/mol. The molecule has 1 N–H and O–H groups in total. The van der Waals surface area contributed by atoms with E-state index in [2.05, 4.69) is 45.4 Å². The molecule has 0 aliphatic rings. The SMILES string of the molecule is C[SiH](C)ONCC(c1cccc(Cl)c1)C(C)(C)C. The first kappa shape index (κ1) is 15.7. The van der Waals surface area contributed by atoms with Crippen LogP contribution in [-0.4, -0.2) is 15.6 Å². The molecule has 0 amide bonds. The fourth-order valence-electron chi connectivity index (χ4n) is 1.95. The van der Waals surface area contributed by atoms with Gasteiger partial charge in [-0.2, -0.15) is 0 Å². The minimum atomic E-state index is -1.02. The fourth-order valence-corrected chi connectivity index (χ4v) is 2.57. The summed E-state index contributed by atoms with van der Waals surface area (Å²) in [6.45, 7) is 11.8. The Morgan fingerprint density at radius 1 is 1.33 bits per heavy atom.